The molecule has 31 heavy (non-hydrogen) atoms. The third kappa shape index (κ3) is 4.56. The first-order chi connectivity index (χ1) is 14.5. The molecule has 0 saturated heterocycles. The Bertz CT molecular complexity index is 850. The fourth-order valence-electron chi connectivity index (χ4n) is 5.65. The van der Waals surface area contributed by atoms with Gasteiger partial charge in [0.1, 0.15) is 5.57 Å². The van der Waals surface area contributed by atoms with Crippen LogP contribution in [0.15, 0.2) is 41.9 Å². The molecule has 4 rings (SSSR count). The van der Waals surface area contributed by atoms with Crippen LogP contribution < -0.4 is 0 Å². The molecule has 6 heteroatoms. The number of esters is 1. The highest BCUT2D eigenvalue weighted by atomic mass is 28.4. The van der Waals surface area contributed by atoms with Gasteiger partial charge in [0.15, 0.2) is 8.32 Å². The van der Waals surface area contributed by atoms with Crippen LogP contribution in [0.4, 0.5) is 0 Å². The van der Waals surface area contributed by atoms with Gasteiger partial charge >= 0.3 is 5.97 Å². The van der Waals surface area contributed by atoms with Crippen LogP contribution in [0.2, 0.25) is 19.6 Å². The number of ether oxygens (including phenoxy) is 3. The van der Waals surface area contributed by atoms with Gasteiger partial charge in [0, 0.05) is 32.6 Å². The molecule has 0 N–H and O–H groups in total. The molecule has 3 atom stereocenters. The highest BCUT2D eigenvalue weighted by Crippen LogP contribution is 2.55. The van der Waals surface area contributed by atoms with Gasteiger partial charge in [-0.05, 0) is 44.0 Å². The van der Waals surface area contributed by atoms with E-state index in [1.807, 2.05) is 18.2 Å². The molecule has 1 fully saturated rings. The second-order valence-corrected chi connectivity index (χ2v) is 15.2. The first-order valence-electron chi connectivity index (χ1n) is 11.6. The number of hydrogen-bond donors (Lipinski definition) is 0. The number of carbonyl (C=O) groups excluding carboxylic acids is 1. The van der Waals surface area contributed by atoms with Crippen molar-refractivity contribution in [2.24, 2.45) is 11.8 Å². The van der Waals surface area contributed by atoms with E-state index in [-0.39, 0.29) is 23.8 Å². The summed E-state index contributed by atoms with van der Waals surface area (Å²) < 4.78 is 25.1. The summed E-state index contributed by atoms with van der Waals surface area (Å²) in [5.74, 6) is -1.83. The van der Waals surface area contributed by atoms with E-state index in [2.05, 4.69) is 38.7 Å². The van der Waals surface area contributed by atoms with Gasteiger partial charge in [-0.25, -0.2) is 4.79 Å². The SMILES string of the molecule is CC1(C)OC(=O)C2=C(O1)OC(C)(O[Si](C)(C)C)C(C1CCCCC1)C2c1ccccc1. The molecule has 0 bridgehead atoms. The molecule has 1 saturated carbocycles. The molecule has 0 amide bonds. The molecule has 2 aliphatic heterocycles. The Kier molecular flexibility index (Phi) is 5.75. The van der Waals surface area contributed by atoms with Gasteiger partial charge in [-0.15, -0.1) is 0 Å². The van der Waals surface area contributed by atoms with Crippen molar-refractivity contribution in [3.63, 3.8) is 0 Å². The maximum atomic E-state index is 13.3. The van der Waals surface area contributed by atoms with E-state index < -0.39 is 19.9 Å². The summed E-state index contributed by atoms with van der Waals surface area (Å²) in [6, 6.07) is 10.2. The van der Waals surface area contributed by atoms with Crippen molar-refractivity contribution >= 4 is 14.3 Å². The zero-order valence-electron chi connectivity index (χ0n) is 19.7. The van der Waals surface area contributed by atoms with Crippen LogP contribution in [0.3, 0.4) is 0 Å². The van der Waals surface area contributed by atoms with Gasteiger partial charge in [-0.1, -0.05) is 49.6 Å². The molecule has 1 aromatic carbocycles. The normalized spacial score (nSPS) is 31.4. The van der Waals surface area contributed by atoms with E-state index in [0.29, 0.717) is 11.5 Å². The van der Waals surface area contributed by atoms with Crippen LogP contribution in [0.25, 0.3) is 0 Å². The predicted octanol–water partition coefficient (Wildman–Crippen LogP) is 6.09. The van der Waals surface area contributed by atoms with Crippen molar-refractivity contribution < 1.29 is 23.4 Å². The Balaban J connectivity index is 1.90. The van der Waals surface area contributed by atoms with Gasteiger partial charge in [-0.2, -0.15) is 0 Å². The number of carbonyl (C=O) groups is 1. The Labute approximate surface area is 187 Å². The van der Waals surface area contributed by atoms with E-state index in [1.165, 1.54) is 19.3 Å². The lowest BCUT2D eigenvalue weighted by molar-refractivity contribution is -0.289. The molecule has 0 aromatic heterocycles. The molecule has 0 spiro atoms. The van der Waals surface area contributed by atoms with Gasteiger partial charge in [0.2, 0.25) is 5.79 Å². The third-order valence-corrected chi connectivity index (χ3v) is 7.53. The average Bonchev–Trinajstić information content (AvgIpc) is 2.65. The van der Waals surface area contributed by atoms with Crippen LogP contribution >= 0.6 is 0 Å². The second kappa shape index (κ2) is 7.96. The topological polar surface area (TPSA) is 54.0 Å². The lowest BCUT2D eigenvalue weighted by Gasteiger charge is -2.53. The highest BCUT2D eigenvalue weighted by Gasteiger charge is 2.58. The summed E-state index contributed by atoms with van der Waals surface area (Å²) in [5.41, 5.74) is 1.58. The minimum absolute atomic E-state index is 0.00182. The minimum Gasteiger partial charge on any atom is -0.433 e. The summed E-state index contributed by atoms with van der Waals surface area (Å²) in [4.78, 5) is 13.3. The summed E-state index contributed by atoms with van der Waals surface area (Å²) in [5, 5.41) is 0. The summed E-state index contributed by atoms with van der Waals surface area (Å²) in [6.45, 7) is 12.1. The van der Waals surface area contributed by atoms with Crippen LogP contribution in [0.5, 0.6) is 0 Å². The molecule has 3 unspecified atom stereocenters. The Morgan fingerprint density at radius 2 is 1.58 bits per heavy atom. The number of cyclic esters (lactones) is 1. The number of hydrogen-bond acceptors (Lipinski definition) is 5. The lowest BCUT2D eigenvalue weighted by Crippen LogP contribution is -2.57. The number of benzene rings is 1. The quantitative estimate of drug-likeness (QED) is 0.416. The molecular weight excluding hydrogens is 408 g/mol. The van der Waals surface area contributed by atoms with Crippen molar-refractivity contribution in [1.29, 1.82) is 0 Å². The van der Waals surface area contributed by atoms with Crippen LogP contribution in [-0.2, 0) is 23.4 Å². The van der Waals surface area contributed by atoms with Gasteiger partial charge in [0.05, 0.1) is 0 Å². The first-order valence-corrected chi connectivity index (χ1v) is 15.0. The molecule has 170 valence electrons. The van der Waals surface area contributed by atoms with E-state index in [1.54, 1.807) is 13.8 Å². The second-order valence-electron chi connectivity index (χ2n) is 10.7. The fourth-order valence-corrected chi connectivity index (χ4v) is 7.04. The largest absolute Gasteiger partial charge is 0.433 e. The minimum atomic E-state index is -1.98. The molecular formula is C25H36O5Si. The number of rotatable bonds is 4. The monoisotopic (exact) mass is 444 g/mol. The van der Waals surface area contributed by atoms with Gasteiger partial charge in [0.25, 0.3) is 11.7 Å². The van der Waals surface area contributed by atoms with Crippen molar-refractivity contribution in [3.8, 4) is 0 Å². The zero-order chi connectivity index (χ0) is 22.4. The van der Waals surface area contributed by atoms with Crippen LogP contribution in [0, 0.1) is 11.8 Å². The van der Waals surface area contributed by atoms with Crippen LogP contribution in [-0.4, -0.2) is 25.9 Å². The van der Waals surface area contributed by atoms with Crippen molar-refractivity contribution in [3.05, 3.63) is 47.4 Å². The third-order valence-electron chi connectivity index (χ3n) is 6.51. The fraction of sp³-hybridized carbons (Fsp3) is 0.640. The standard InChI is InChI=1S/C25H36O5Si/c1-24(2)27-22(26)20-19(17-13-9-7-10-14-17)21(18-15-11-8-12-16-18)25(3,29-23(20)28-24)30-31(4,5)6/h7,9-10,13-14,18-19,21H,8,11-12,15-16H2,1-6H3. The molecule has 5 nitrogen and oxygen atoms in total. The van der Waals surface area contributed by atoms with E-state index in [0.717, 1.165) is 18.4 Å². The molecule has 0 radical (unpaired) electrons. The van der Waals surface area contributed by atoms with Crippen molar-refractivity contribution in [2.75, 3.05) is 0 Å². The summed E-state index contributed by atoms with van der Waals surface area (Å²) >= 11 is 0. The van der Waals surface area contributed by atoms with Gasteiger partial charge < -0.3 is 18.6 Å². The summed E-state index contributed by atoms with van der Waals surface area (Å²) in [7, 11) is -1.98. The van der Waals surface area contributed by atoms with E-state index >= 15 is 0 Å². The molecule has 3 aliphatic rings. The van der Waals surface area contributed by atoms with Crippen LogP contribution in [0.1, 0.15) is 64.4 Å². The average molecular weight is 445 g/mol. The smallest absolute Gasteiger partial charge is 0.345 e. The Morgan fingerprint density at radius 1 is 0.935 bits per heavy atom. The van der Waals surface area contributed by atoms with Crippen molar-refractivity contribution in [1.82, 2.24) is 0 Å². The zero-order valence-corrected chi connectivity index (χ0v) is 20.7. The predicted molar refractivity (Wildman–Crippen MR) is 121 cm³/mol. The molecule has 1 aliphatic carbocycles. The lowest BCUT2D eigenvalue weighted by atomic mass is 9.65. The Hall–Kier alpha value is -1.79. The maximum Gasteiger partial charge on any atom is 0.345 e. The molecule has 1 aromatic rings. The van der Waals surface area contributed by atoms with Crippen molar-refractivity contribution in [2.45, 2.75) is 90.0 Å². The van der Waals surface area contributed by atoms with Gasteiger partial charge in [-0.3, -0.25) is 0 Å². The Morgan fingerprint density at radius 3 is 2.19 bits per heavy atom. The molecule has 2 heterocycles. The van der Waals surface area contributed by atoms with E-state index in [9.17, 15) is 4.79 Å². The first kappa shape index (κ1) is 22.4. The van der Waals surface area contributed by atoms with E-state index in [4.69, 9.17) is 18.6 Å². The summed E-state index contributed by atoms with van der Waals surface area (Å²) in [6.07, 6.45) is 5.90. The highest BCUT2D eigenvalue weighted by molar-refractivity contribution is 6.69. The maximum absolute atomic E-state index is 13.3.